The maximum atomic E-state index is 13.9. The van der Waals surface area contributed by atoms with Crippen LogP contribution in [0, 0.1) is 12.7 Å². The summed E-state index contributed by atoms with van der Waals surface area (Å²) in [4.78, 5) is 18.6. The van der Waals surface area contributed by atoms with Gasteiger partial charge in [0.25, 0.3) is 5.91 Å². The molecule has 2 aromatic rings. The van der Waals surface area contributed by atoms with Gasteiger partial charge >= 0.3 is 0 Å². The van der Waals surface area contributed by atoms with E-state index in [4.69, 9.17) is 0 Å². The van der Waals surface area contributed by atoms with Crippen molar-refractivity contribution in [1.29, 1.82) is 0 Å². The van der Waals surface area contributed by atoms with Gasteiger partial charge in [-0.05, 0) is 19.1 Å². The van der Waals surface area contributed by atoms with Gasteiger partial charge in [-0.3, -0.25) is 4.79 Å². The molecular formula is C15H16FN3O. The van der Waals surface area contributed by atoms with Crippen molar-refractivity contribution in [2.75, 3.05) is 26.2 Å². The number of hydrogen-bond donors (Lipinski definition) is 1. The lowest BCUT2D eigenvalue weighted by Crippen LogP contribution is -2.46. The molecule has 2 heterocycles. The molecule has 0 unspecified atom stereocenters. The van der Waals surface area contributed by atoms with Gasteiger partial charge in [-0.2, -0.15) is 0 Å². The van der Waals surface area contributed by atoms with Gasteiger partial charge in [0.05, 0.1) is 5.56 Å². The Bertz CT molecular complexity index is 665. The van der Waals surface area contributed by atoms with E-state index in [-0.39, 0.29) is 17.2 Å². The van der Waals surface area contributed by atoms with Crippen LogP contribution >= 0.6 is 0 Å². The Kier molecular flexibility index (Phi) is 3.36. The molecule has 0 atom stereocenters. The number of aryl methyl sites for hydroxylation is 1. The fourth-order valence-corrected chi connectivity index (χ4v) is 2.56. The van der Waals surface area contributed by atoms with Crippen molar-refractivity contribution in [3.05, 3.63) is 41.3 Å². The quantitative estimate of drug-likeness (QED) is 0.860. The van der Waals surface area contributed by atoms with Gasteiger partial charge in [0, 0.05) is 37.3 Å². The van der Waals surface area contributed by atoms with Crippen LogP contribution in [0.4, 0.5) is 4.39 Å². The molecule has 1 aromatic carbocycles. The summed E-state index contributed by atoms with van der Waals surface area (Å²) in [5, 5.41) is 3.80. The Morgan fingerprint density at radius 1 is 1.35 bits per heavy atom. The van der Waals surface area contributed by atoms with Crippen LogP contribution in [0.5, 0.6) is 0 Å². The molecule has 104 valence electrons. The number of pyridine rings is 1. The second-order valence-corrected chi connectivity index (χ2v) is 4.99. The molecule has 1 aromatic heterocycles. The minimum atomic E-state index is -0.388. The fourth-order valence-electron chi connectivity index (χ4n) is 2.56. The van der Waals surface area contributed by atoms with E-state index in [1.54, 1.807) is 30.0 Å². The van der Waals surface area contributed by atoms with Crippen molar-refractivity contribution in [3.63, 3.8) is 0 Å². The Labute approximate surface area is 116 Å². The molecule has 5 heteroatoms. The number of carbonyl (C=O) groups is 1. The number of nitrogens with one attached hydrogen (secondary N) is 1. The fraction of sp³-hybridized carbons (Fsp3) is 0.333. The first kappa shape index (κ1) is 13.0. The summed E-state index contributed by atoms with van der Waals surface area (Å²) in [5.74, 6) is -0.437. The van der Waals surface area contributed by atoms with Gasteiger partial charge in [0.15, 0.2) is 0 Å². The number of benzene rings is 1. The Balaban J connectivity index is 2.10. The number of fused-ring (bicyclic) bond motifs is 1. The summed E-state index contributed by atoms with van der Waals surface area (Å²) in [5.41, 5.74) is 1.46. The maximum absolute atomic E-state index is 13.9. The highest BCUT2D eigenvalue weighted by atomic mass is 19.1. The Morgan fingerprint density at radius 2 is 2.10 bits per heavy atom. The van der Waals surface area contributed by atoms with Gasteiger partial charge in [0.1, 0.15) is 11.3 Å². The van der Waals surface area contributed by atoms with Crippen LogP contribution in [0.3, 0.4) is 0 Å². The van der Waals surface area contributed by atoms with Crippen molar-refractivity contribution in [2.45, 2.75) is 6.92 Å². The van der Waals surface area contributed by atoms with E-state index in [0.29, 0.717) is 29.7 Å². The summed E-state index contributed by atoms with van der Waals surface area (Å²) < 4.78 is 13.9. The van der Waals surface area contributed by atoms with E-state index in [1.165, 1.54) is 6.07 Å². The maximum Gasteiger partial charge on any atom is 0.254 e. The first-order chi connectivity index (χ1) is 9.66. The molecule has 3 rings (SSSR count). The standard InChI is InChI=1S/C15H16FN3O/c1-10-9-12(15(20)19-7-5-17-6-8-19)11-3-2-4-13(16)14(11)18-10/h2-4,9,17H,5-8H2,1H3. The van der Waals surface area contributed by atoms with Crippen molar-refractivity contribution < 1.29 is 9.18 Å². The zero-order valence-electron chi connectivity index (χ0n) is 11.3. The summed E-state index contributed by atoms with van der Waals surface area (Å²) >= 11 is 0. The lowest BCUT2D eigenvalue weighted by atomic mass is 10.1. The zero-order valence-corrected chi connectivity index (χ0v) is 11.3. The molecule has 1 amide bonds. The van der Waals surface area contributed by atoms with Gasteiger partial charge < -0.3 is 10.2 Å². The largest absolute Gasteiger partial charge is 0.336 e. The average Bonchev–Trinajstić information content (AvgIpc) is 2.48. The van der Waals surface area contributed by atoms with E-state index >= 15 is 0 Å². The first-order valence-corrected chi connectivity index (χ1v) is 6.72. The highest BCUT2D eigenvalue weighted by Crippen LogP contribution is 2.22. The molecule has 1 saturated heterocycles. The second-order valence-electron chi connectivity index (χ2n) is 4.99. The van der Waals surface area contributed by atoms with E-state index < -0.39 is 0 Å². The summed E-state index contributed by atoms with van der Waals surface area (Å²) in [6.07, 6.45) is 0. The molecule has 1 N–H and O–H groups in total. The normalized spacial score (nSPS) is 15.6. The van der Waals surface area contributed by atoms with Crippen molar-refractivity contribution in [1.82, 2.24) is 15.2 Å². The predicted octanol–water partition coefficient (Wildman–Crippen LogP) is 1.73. The van der Waals surface area contributed by atoms with E-state index in [2.05, 4.69) is 10.3 Å². The van der Waals surface area contributed by atoms with Crippen LogP contribution in [0.1, 0.15) is 16.1 Å². The number of piperazine rings is 1. The lowest BCUT2D eigenvalue weighted by molar-refractivity contribution is 0.0737. The first-order valence-electron chi connectivity index (χ1n) is 6.72. The Morgan fingerprint density at radius 3 is 2.85 bits per heavy atom. The van der Waals surface area contributed by atoms with Crippen LogP contribution < -0.4 is 5.32 Å². The number of rotatable bonds is 1. The van der Waals surface area contributed by atoms with E-state index in [9.17, 15) is 9.18 Å². The van der Waals surface area contributed by atoms with Crippen LogP contribution in [-0.2, 0) is 0 Å². The highest BCUT2D eigenvalue weighted by Gasteiger charge is 2.21. The SMILES string of the molecule is Cc1cc(C(=O)N2CCNCC2)c2cccc(F)c2n1. The molecule has 4 nitrogen and oxygen atoms in total. The van der Waals surface area contributed by atoms with E-state index in [0.717, 1.165) is 13.1 Å². The topological polar surface area (TPSA) is 45.2 Å². The second kappa shape index (κ2) is 5.17. The predicted molar refractivity (Wildman–Crippen MR) is 75.2 cm³/mol. The third-order valence-electron chi connectivity index (χ3n) is 3.55. The number of carbonyl (C=O) groups excluding carboxylic acids is 1. The van der Waals surface area contributed by atoms with Crippen molar-refractivity contribution >= 4 is 16.8 Å². The zero-order chi connectivity index (χ0) is 14.1. The number of halogens is 1. The van der Waals surface area contributed by atoms with Crippen LogP contribution in [0.15, 0.2) is 24.3 Å². The smallest absolute Gasteiger partial charge is 0.254 e. The Hall–Kier alpha value is -2.01. The lowest BCUT2D eigenvalue weighted by Gasteiger charge is -2.28. The monoisotopic (exact) mass is 273 g/mol. The molecule has 20 heavy (non-hydrogen) atoms. The molecule has 1 fully saturated rings. The van der Waals surface area contributed by atoms with E-state index in [1.807, 2.05) is 0 Å². The molecule has 0 aliphatic carbocycles. The summed E-state index contributed by atoms with van der Waals surface area (Å²) in [6.45, 7) is 4.72. The molecule has 0 saturated carbocycles. The van der Waals surface area contributed by atoms with Gasteiger partial charge in [-0.15, -0.1) is 0 Å². The third-order valence-corrected chi connectivity index (χ3v) is 3.55. The van der Waals surface area contributed by atoms with Gasteiger partial charge in [0.2, 0.25) is 0 Å². The molecule has 1 aliphatic rings. The summed E-state index contributed by atoms with van der Waals surface area (Å²) in [6, 6.07) is 6.48. The molecular weight excluding hydrogens is 257 g/mol. The summed E-state index contributed by atoms with van der Waals surface area (Å²) in [7, 11) is 0. The molecule has 1 aliphatic heterocycles. The van der Waals surface area contributed by atoms with Gasteiger partial charge in [-0.1, -0.05) is 12.1 Å². The minimum Gasteiger partial charge on any atom is -0.336 e. The number of hydrogen-bond acceptors (Lipinski definition) is 3. The van der Waals surface area contributed by atoms with Gasteiger partial charge in [-0.25, -0.2) is 9.37 Å². The third kappa shape index (κ3) is 2.25. The van der Waals surface area contributed by atoms with Crippen LogP contribution in [-0.4, -0.2) is 42.0 Å². The van der Waals surface area contributed by atoms with Crippen molar-refractivity contribution in [3.8, 4) is 0 Å². The highest BCUT2D eigenvalue weighted by molar-refractivity contribution is 6.06. The number of para-hydroxylation sites is 1. The minimum absolute atomic E-state index is 0.0485. The number of nitrogens with zero attached hydrogens (tertiary/aromatic N) is 2. The molecule has 0 bridgehead atoms. The molecule has 0 radical (unpaired) electrons. The average molecular weight is 273 g/mol. The number of aromatic nitrogens is 1. The van der Waals surface area contributed by atoms with Crippen LogP contribution in [0.25, 0.3) is 10.9 Å². The number of amides is 1. The van der Waals surface area contributed by atoms with Crippen LogP contribution in [0.2, 0.25) is 0 Å². The molecule has 0 spiro atoms. The van der Waals surface area contributed by atoms with Crippen molar-refractivity contribution in [2.24, 2.45) is 0 Å².